The quantitative estimate of drug-likeness (QED) is 0.699. The summed E-state index contributed by atoms with van der Waals surface area (Å²) < 4.78 is 0. The zero-order valence-electron chi connectivity index (χ0n) is 18.1. The maximum Gasteiger partial charge on any atom is 0.325 e. The average molecular weight is 422 g/mol. The zero-order chi connectivity index (χ0) is 22.8. The molecule has 0 saturated carbocycles. The van der Waals surface area contributed by atoms with Crippen LogP contribution in [-0.4, -0.2) is 54.2 Å². The third-order valence-corrected chi connectivity index (χ3v) is 5.37. The van der Waals surface area contributed by atoms with Crippen LogP contribution in [0.15, 0.2) is 48.5 Å². The highest BCUT2D eigenvalue weighted by atomic mass is 16.2. The van der Waals surface area contributed by atoms with Gasteiger partial charge in [0.1, 0.15) is 12.1 Å². The van der Waals surface area contributed by atoms with E-state index in [1.165, 1.54) is 4.90 Å². The Labute approximate surface area is 181 Å². The van der Waals surface area contributed by atoms with Gasteiger partial charge >= 0.3 is 6.03 Å². The smallest absolute Gasteiger partial charge is 0.325 e. The lowest BCUT2D eigenvalue weighted by Crippen LogP contribution is -2.44. The second kappa shape index (κ2) is 8.59. The summed E-state index contributed by atoms with van der Waals surface area (Å²) in [5, 5.41) is 5.43. The summed E-state index contributed by atoms with van der Waals surface area (Å²) in [7, 11) is 3.31. The van der Waals surface area contributed by atoms with E-state index in [9.17, 15) is 19.2 Å². The molecule has 0 aromatic heterocycles. The Hall–Kier alpha value is -3.68. The molecule has 0 aliphatic carbocycles. The number of carbonyl (C=O) groups excluding carboxylic acids is 4. The van der Waals surface area contributed by atoms with Crippen molar-refractivity contribution in [2.45, 2.75) is 25.8 Å². The molecule has 31 heavy (non-hydrogen) atoms. The summed E-state index contributed by atoms with van der Waals surface area (Å²) in [4.78, 5) is 52.5. The minimum atomic E-state index is -1.18. The molecule has 1 aliphatic rings. The van der Waals surface area contributed by atoms with E-state index in [4.69, 9.17) is 0 Å². The summed E-state index contributed by atoms with van der Waals surface area (Å²) >= 11 is 0. The lowest BCUT2D eigenvalue weighted by atomic mass is 9.87. The molecule has 2 N–H and O–H groups in total. The zero-order valence-corrected chi connectivity index (χ0v) is 18.1. The van der Waals surface area contributed by atoms with E-state index >= 15 is 0 Å². The standard InChI is InChI=1S/C23H26N4O4/c1-5-23(17-10-6-15(2)7-11-17)21(30)27(22(31)25-23)14-19(28)24-18-12-8-16(9-13-18)20(29)26(3)4/h6-13H,5,14H2,1-4H3,(H,24,28)(H,25,31)/t23-/m1/s1. The van der Waals surface area contributed by atoms with Crippen LogP contribution >= 0.6 is 0 Å². The van der Waals surface area contributed by atoms with Crippen LogP contribution in [0.4, 0.5) is 10.5 Å². The fourth-order valence-corrected chi connectivity index (χ4v) is 3.55. The van der Waals surface area contributed by atoms with Gasteiger partial charge in [0.05, 0.1) is 0 Å². The number of nitrogens with one attached hydrogen (secondary N) is 2. The molecule has 2 aromatic rings. The molecule has 0 unspecified atom stereocenters. The van der Waals surface area contributed by atoms with Gasteiger partial charge in [-0.1, -0.05) is 36.8 Å². The van der Waals surface area contributed by atoms with E-state index in [-0.39, 0.29) is 5.91 Å². The molecule has 1 aliphatic heterocycles. The summed E-state index contributed by atoms with van der Waals surface area (Å²) in [6.45, 7) is 3.35. The number of anilines is 1. The maximum atomic E-state index is 13.1. The van der Waals surface area contributed by atoms with E-state index < -0.39 is 29.9 Å². The normalized spacial score (nSPS) is 18.0. The Kier molecular flexibility index (Phi) is 6.10. The molecule has 162 valence electrons. The predicted molar refractivity (Wildman–Crippen MR) is 116 cm³/mol. The highest BCUT2D eigenvalue weighted by Crippen LogP contribution is 2.32. The molecule has 0 spiro atoms. The largest absolute Gasteiger partial charge is 0.345 e. The van der Waals surface area contributed by atoms with Crippen molar-refractivity contribution in [1.82, 2.24) is 15.1 Å². The lowest BCUT2D eigenvalue weighted by molar-refractivity contribution is -0.134. The predicted octanol–water partition coefficient (Wildman–Crippen LogP) is 2.49. The first-order valence-corrected chi connectivity index (χ1v) is 10.0. The van der Waals surface area contributed by atoms with Gasteiger partial charge in [0.25, 0.3) is 11.8 Å². The van der Waals surface area contributed by atoms with Crippen molar-refractivity contribution in [3.8, 4) is 0 Å². The molecule has 1 saturated heterocycles. The highest BCUT2D eigenvalue weighted by Gasteiger charge is 2.51. The minimum Gasteiger partial charge on any atom is -0.345 e. The Bertz CT molecular complexity index is 1010. The van der Waals surface area contributed by atoms with Crippen molar-refractivity contribution >= 4 is 29.4 Å². The van der Waals surface area contributed by atoms with Crippen LogP contribution in [0.2, 0.25) is 0 Å². The first-order valence-electron chi connectivity index (χ1n) is 10.0. The Morgan fingerprint density at radius 3 is 2.19 bits per heavy atom. The van der Waals surface area contributed by atoms with Gasteiger partial charge in [0.2, 0.25) is 5.91 Å². The van der Waals surface area contributed by atoms with Gasteiger partial charge in [-0.05, 0) is 43.2 Å². The van der Waals surface area contributed by atoms with Crippen LogP contribution in [-0.2, 0) is 15.1 Å². The minimum absolute atomic E-state index is 0.149. The van der Waals surface area contributed by atoms with Crippen LogP contribution in [0, 0.1) is 6.92 Å². The topological polar surface area (TPSA) is 98.8 Å². The third kappa shape index (κ3) is 4.28. The SMILES string of the molecule is CC[C@]1(c2ccc(C)cc2)NC(=O)N(CC(=O)Nc2ccc(C(=O)N(C)C)cc2)C1=O. The van der Waals surface area contributed by atoms with Crippen molar-refractivity contribution in [2.75, 3.05) is 26.0 Å². The van der Waals surface area contributed by atoms with Crippen molar-refractivity contribution in [3.63, 3.8) is 0 Å². The fourth-order valence-electron chi connectivity index (χ4n) is 3.55. The first-order chi connectivity index (χ1) is 14.7. The number of urea groups is 1. The lowest BCUT2D eigenvalue weighted by Gasteiger charge is -2.25. The number of aryl methyl sites for hydroxylation is 1. The van der Waals surface area contributed by atoms with Gasteiger partial charge in [-0.25, -0.2) is 4.79 Å². The second-order valence-electron chi connectivity index (χ2n) is 7.77. The van der Waals surface area contributed by atoms with Gasteiger partial charge in [0, 0.05) is 25.3 Å². The molecule has 8 nitrogen and oxygen atoms in total. The van der Waals surface area contributed by atoms with Gasteiger partial charge in [0.15, 0.2) is 0 Å². The van der Waals surface area contributed by atoms with Crippen molar-refractivity contribution in [3.05, 3.63) is 65.2 Å². The number of amides is 5. The van der Waals surface area contributed by atoms with E-state index in [2.05, 4.69) is 10.6 Å². The molecule has 5 amide bonds. The second-order valence-corrected chi connectivity index (χ2v) is 7.77. The molecular weight excluding hydrogens is 396 g/mol. The molecule has 1 heterocycles. The number of benzene rings is 2. The Morgan fingerprint density at radius 1 is 1.03 bits per heavy atom. The van der Waals surface area contributed by atoms with Crippen LogP contribution in [0.1, 0.15) is 34.8 Å². The Morgan fingerprint density at radius 2 is 1.65 bits per heavy atom. The van der Waals surface area contributed by atoms with E-state index in [1.807, 2.05) is 38.1 Å². The van der Waals surface area contributed by atoms with Crippen LogP contribution < -0.4 is 10.6 Å². The number of hydrogen-bond donors (Lipinski definition) is 2. The van der Waals surface area contributed by atoms with Crippen molar-refractivity contribution in [2.24, 2.45) is 0 Å². The van der Waals surface area contributed by atoms with E-state index in [0.717, 1.165) is 10.5 Å². The number of hydrogen-bond acceptors (Lipinski definition) is 4. The molecule has 2 aromatic carbocycles. The molecule has 1 fully saturated rings. The van der Waals surface area contributed by atoms with E-state index in [0.29, 0.717) is 23.2 Å². The van der Waals surface area contributed by atoms with Gasteiger partial charge < -0.3 is 15.5 Å². The molecular formula is C23H26N4O4. The molecule has 3 rings (SSSR count). The van der Waals surface area contributed by atoms with Crippen LogP contribution in [0.5, 0.6) is 0 Å². The number of carbonyl (C=O) groups is 4. The summed E-state index contributed by atoms with van der Waals surface area (Å²) in [6, 6.07) is 13.2. The number of nitrogens with zero attached hydrogens (tertiary/aromatic N) is 2. The average Bonchev–Trinajstić information content (AvgIpc) is 2.99. The Balaban J connectivity index is 1.71. The molecule has 0 radical (unpaired) electrons. The van der Waals surface area contributed by atoms with Gasteiger partial charge in [-0.2, -0.15) is 0 Å². The summed E-state index contributed by atoms with van der Waals surface area (Å²) in [5.74, 6) is -1.11. The molecule has 8 heteroatoms. The van der Waals surface area contributed by atoms with E-state index in [1.54, 1.807) is 38.4 Å². The maximum absolute atomic E-state index is 13.1. The monoisotopic (exact) mass is 422 g/mol. The van der Waals surface area contributed by atoms with Crippen LogP contribution in [0.3, 0.4) is 0 Å². The van der Waals surface area contributed by atoms with Crippen molar-refractivity contribution in [1.29, 1.82) is 0 Å². The third-order valence-electron chi connectivity index (χ3n) is 5.37. The first kappa shape index (κ1) is 22.0. The highest BCUT2D eigenvalue weighted by molar-refractivity contribution is 6.10. The molecule has 0 bridgehead atoms. The van der Waals surface area contributed by atoms with Crippen LogP contribution in [0.25, 0.3) is 0 Å². The van der Waals surface area contributed by atoms with Crippen molar-refractivity contribution < 1.29 is 19.2 Å². The fraction of sp³-hybridized carbons (Fsp3) is 0.304. The summed E-state index contributed by atoms with van der Waals surface area (Å²) in [5.41, 5.74) is 1.50. The molecule has 1 atom stereocenters. The number of imide groups is 1. The summed E-state index contributed by atoms with van der Waals surface area (Å²) in [6.07, 6.45) is 0.361. The van der Waals surface area contributed by atoms with Gasteiger partial charge in [-0.3, -0.25) is 19.3 Å². The number of rotatable bonds is 6. The van der Waals surface area contributed by atoms with Gasteiger partial charge in [-0.15, -0.1) is 0 Å².